The van der Waals surface area contributed by atoms with Gasteiger partial charge in [0, 0.05) is 43.5 Å². The zero-order valence-corrected chi connectivity index (χ0v) is 15.0. The van der Waals surface area contributed by atoms with E-state index in [0.29, 0.717) is 28.9 Å². The highest BCUT2D eigenvalue weighted by atomic mass is 16.4. The molecule has 0 aliphatic carbocycles. The predicted octanol–water partition coefficient (Wildman–Crippen LogP) is 1.04. The summed E-state index contributed by atoms with van der Waals surface area (Å²) in [5.74, 6) is 3.86. The normalized spacial score (nSPS) is 18.9. The van der Waals surface area contributed by atoms with Crippen LogP contribution < -0.4 is 0 Å². The molecule has 8 heteroatoms. The van der Waals surface area contributed by atoms with E-state index < -0.39 is 17.5 Å². The van der Waals surface area contributed by atoms with Crippen molar-refractivity contribution in [2.75, 3.05) is 13.6 Å². The molecule has 140 valence electrons. The number of carbonyl (C=O) groups is 2. The average molecular weight is 376 g/mol. The Balaban J connectivity index is 1.76. The molecule has 8 nitrogen and oxygen atoms in total. The average Bonchev–Trinajstić information content (AvgIpc) is 3.21. The number of amides is 1. The first-order chi connectivity index (χ1) is 13.4. The van der Waals surface area contributed by atoms with E-state index in [-0.39, 0.29) is 12.2 Å². The van der Waals surface area contributed by atoms with E-state index in [2.05, 4.69) is 21.8 Å². The summed E-state index contributed by atoms with van der Waals surface area (Å²) < 4.78 is 1.46. The first-order valence-electron chi connectivity index (χ1n) is 8.56. The highest BCUT2D eigenvalue weighted by Crippen LogP contribution is 2.26. The first kappa shape index (κ1) is 17.7. The minimum atomic E-state index is -1.67. The van der Waals surface area contributed by atoms with Gasteiger partial charge in [0.1, 0.15) is 0 Å². The lowest BCUT2D eigenvalue weighted by Crippen LogP contribution is -2.37. The van der Waals surface area contributed by atoms with Crippen LogP contribution in [0.4, 0.5) is 0 Å². The van der Waals surface area contributed by atoms with E-state index in [1.54, 1.807) is 37.5 Å². The van der Waals surface area contributed by atoms with E-state index in [4.69, 9.17) is 0 Å². The highest BCUT2D eigenvalue weighted by molar-refractivity contribution is 5.91. The number of aliphatic hydroxyl groups is 1. The molecule has 1 aliphatic rings. The van der Waals surface area contributed by atoms with Crippen molar-refractivity contribution >= 4 is 17.4 Å². The summed E-state index contributed by atoms with van der Waals surface area (Å²) in [5, 5.41) is 19.8. The van der Waals surface area contributed by atoms with Gasteiger partial charge in [-0.05, 0) is 12.1 Å². The van der Waals surface area contributed by atoms with Crippen LogP contribution in [0.25, 0.3) is 16.8 Å². The van der Waals surface area contributed by atoms with Gasteiger partial charge in [-0.25, -0.2) is 9.78 Å². The molecule has 2 aromatic heterocycles. The number of carbonyl (C=O) groups excluding carboxylic acids is 1. The van der Waals surface area contributed by atoms with Crippen molar-refractivity contribution in [3.63, 3.8) is 0 Å². The fourth-order valence-electron chi connectivity index (χ4n) is 3.19. The number of fused-ring (bicyclic) bond motifs is 1. The maximum Gasteiger partial charge on any atom is 0.372 e. The molecule has 28 heavy (non-hydrogen) atoms. The van der Waals surface area contributed by atoms with Crippen LogP contribution in [-0.2, 0) is 4.79 Å². The Morgan fingerprint density at radius 2 is 2.18 bits per heavy atom. The topological polar surface area (TPSA) is 108 Å². The number of benzene rings is 1. The second-order valence-electron chi connectivity index (χ2n) is 6.59. The minimum absolute atomic E-state index is 0.113. The van der Waals surface area contributed by atoms with Gasteiger partial charge >= 0.3 is 5.97 Å². The van der Waals surface area contributed by atoms with Crippen molar-refractivity contribution in [3.8, 4) is 23.1 Å². The van der Waals surface area contributed by atoms with E-state index in [1.165, 1.54) is 21.7 Å². The molecule has 0 saturated carbocycles. The van der Waals surface area contributed by atoms with Gasteiger partial charge < -0.3 is 15.1 Å². The van der Waals surface area contributed by atoms with Gasteiger partial charge in [-0.3, -0.25) is 14.2 Å². The Bertz CT molecular complexity index is 1170. The lowest BCUT2D eigenvalue weighted by molar-refractivity contribution is -0.137. The van der Waals surface area contributed by atoms with Crippen LogP contribution in [0.1, 0.15) is 22.6 Å². The molecule has 4 rings (SSSR count). The highest BCUT2D eigenvalue weighted by Gasteiger charge is 2.42. The third-order valence-corrected chi connectivity index (χ3v) is 4.70. The van der Waals surface area contributed by atoms with Crippen molar-refractivity contribution < 1.29 is 19.8 Å². The number of carboxylic acid groups (broad SMARTS) is 1. The SMILES string of the molecule is CN1CC[C@@](O)(C#Cc2cccc(-c3nc(C(=O)O)n4ccncc34)c2)C1=O. The van der Waals surface area contributed by atoms with Crippen LogP contribution >= 0.6 is 0 Å². The van der Waals surface area contributed by atoms with Crippen molar-refractivity contribution in [2.45, 2.75) is 12.0 Å². The Labute approximate surface area is 160 Å². The van der Waals surface area contributed by atoms with Gasteiger partial charge in [0.2, 0.25) is 11.4 Å². The number of aromatic carboxylic acids is 1. The molecule has 0 unspecified atom stereocenters. The molecule has 3 heterocycles. The van der Waals surface area contributed by atoms with Gasteiger partial charge in [-0.2, -0.15) is 0 Å². The zero-order chi connectivity index (χ0) is 19.9. The molecule has 1 atom stereocenters. The van der Waals surface area contributed by atoms with E-state index >= 15 is 0 Å². The van der Waals surface area contributed by atoms with Crippen molar-refractivity contribution in [1.82, 2.24) is 19.3 Å². The maximum absolute atomic E-state index is 12.0. The summed E-state index contributed by atoms with van der Waals surface area (Å²) in [4.78, 5) is 33.3. The molecule has 1 aliphatic heterocycles. The molecule has 1 amide bonds. The van der Waals surface area contributed by atoms with Crippen LogP contribution in [0.3, 0.4) is 0 Å². The monoisotopic (exact) mass is 376 g/mol. The van der Waals surface area contributed by atoms with Gasteiger partial charge in [-0.1, -0.05) is 24.0 Å². The number of rotatable bonds is 2. The molecule has 2 N–H and O–H groups in total. The molecular weight excluding hydrogens is 360 g/mol. The summed E-state index contributed by atoms with van der Waals surface area (Å²) >= 11 is 0. The molecule has 0 radical (unpaired) electrons. The third kappa shape index (κ3) is 2.88. The van der Waals surface area contributed by atoms with Crippen molar-refractivity contribution in [2.24, 2.45) is 0 Å². The number of likely N-dealkylation sites (tertiary alicyclic amines) is 1. The molecule has 3 aromatic rings. The number of carboxylic acids is 1. The Kier molecular flexibility index (Phi) is 4.09. The number of likely N-dealkylation sites (N-methyl/N-ethyl adjacent to an activating group) is 1. The van der Waals surface area contributed by atoms with Crippen LogP contribution in [0, 0.1) is 11.8 Å². The summed E-state index contributed by atoms with van der Waals surface area (Å²) in [6, 6.07) is 7.03. The van der Waals surface area contributed by atoms with Crippen molar-refractivity contribution in [1.29, 1.82) is 0 Å². The second kappa shape index (κ2) is 6.48. The number of imidazole rings is 1. The van der Waals surface area contributed by atoms with Crippen molar-refractivity contribution in [3.05, 3.63) is 54.2 Å². The van der Waals surface area contributed by atoms with Crippen LogP contribution in [0.5, 0.6) is 0 Å². The van der Waals surface area contributed by atoms with Gasteiger partial charge in [0.05, 0.1) is 17.4 Å². The third-order valence-electron chi connectivity index (χ3n) is 4.70. The summed E-state index contributed by atoms with van der Waals surface area (Å²) in [5.41, 5.74) is 0.578. The summed E-state index contributed by atoms with van der Waals surface area (Å²) in [7, 11) is 1.63. The minimum Gasteiger partial charge on any atom is -0.475 e. The lowest BCUT2D eigenvalue weighted by Gasteiger charge is -2.13. The molecular formula is C20H16N4O4. The number of hydrogen-bond acceptors (Lipinski definition) is 5. The summed E-state index contributed by atoms with van der Waals surface area (Å²) in [6.07, 6.45) is 4.83. The van der Waals surface area contributed by atoms with Gasteiger partial charge in [0.25, 0.3) is 5.91 Å². The fourth-order valence-corrected chi connectivity index (χ4v) is 3.19. The fraction of sp³-hybridized carbons (Fsp3) is 0.200. The second-order valence-corrected chi connectivity index (χ2v) is 6.59. The van der Waals surface area contributed by atoms with Crippen LogP contribution in [0.2, 0.25) is 0 Å². The molecule has 0 bridgehead atoms. The van der Waals surface area contributed by atoms with E-state index in [9.17, 15) is 19.8 Å². The quantitative estimate of drug-likeness (QED) is 0.647. The largest absolute Gasteiger partial charge is 0.475 e. The van der Waals surface area contributed by atoms with E-state index in [1.807, 2.05) is 0 Å². The predicted molar refractivity (Wildman–Crippen MR) is 99.5 cm³/mol. The maximum atomic E-state index is 12.0. The number of nitrogens with zero attached hydrogens (tertiary/aromatic N) is 4. The zero-order valence-electron chi connectivity index (χ0n) is 15.0. The smallest absolute Gasteiger partial charge is 0.372 e. The summed E-state index contributed by atoms with van der Waals surface area (Å²) in [6.45, 7) is 0.454. The molecule has 1 fully saturated rings. The van der Waals surface area contributed by atoms with Gasteiger partial charge in [-0.15, -0.1) is 0 Å². The van der Waals surface area contributed by atoms with Gasteiger partial charge in [0.15, 0.2) is 0 Å². The number of aromatic nitrogens is 3. The van der Waals surface area contributed by atoms with E-state index in [0.717, 1.165) is 0 Å². The number of hydrogen-bond donors (Lipinski definition) is 2. The molecule has 1 saturated heterocycles. The Morgan fingerprint density at radius 1 is 1.36 bits per heavy atom. The Morgan fingerprint density at radius 3 is 2.89 bits per heavy atom. The first-order valence-corrected chi connectivity index (χ1v) is 8.56. The molecule has 0 spiro atoms. The lowest BCUT2D eigenvalue weighted by atomic mass is 10.0. The standard InChI is InChI=1S/C20H16N4O4/c1-23-9-7-20(28,19(23)27)6-5-13-3-2-4-14(11-13)16-15-12-21-8-10-24(15)17(22-16)18(25)26/h2-4,8,10-12,28H,7,9H2,1H3,(H,25,26)/t20-/m0/s1. The Hall–Kier alpha value is -3.70. The van der Waals surface area contributed by atoms with Crippen LogP contribution in [-0.4, -0.2) is 60.6 Å². The van der Waals surface area contributed by atoms with Crippen LogP contribution in [0.15, 0.2) is 42.9 Å². The molecule has 1 aromatic carbocycles.